The Morgan fingerprint density at radius 1 is 1.59 bits per heavy atom. The van der Waals surface area contributed by atoms with Crippen molar-refractivity contribution in [1.82, 2.24) is 5.32 Å². The summed E-state index contributed by atoms with van der Waals surface area (Å²) < 4.78 is 13.4. The summed E-state index contributed by atoms with van der Waals surface area (Å²) in [4.78, 5) is 10.8. The second-order valence-corrected chi connectivity index (χ2v) is 5.06. The second kappa shape index (κ2) is 4.62. The van der Waals surface area contributed by atoms with E-state index in [4.69, 9.17) is 5.11 Å². The summed E-state index contributed by atoms with van der Waals surface area (Å²) >= 11 is 3.10. The molecule has 0 unspecified atom stereocenters. The predicted octanol–water partition coefficient (Wildman–Crippen LogP) is 1.82. The fourth-order valence-corrected chi connectivity index (χ4v) is 2.23. The Morgan fingerprint density at radius 2 is 2.29 bits per heavy atom. The third-order valence-electron chi connectivity index (χ3n) is 2.75. The monoisotopic (exact) mass is 302 g/mol. The van der Waals surface area contributed by atoms with E-state index in [9.17, 15) is 9.18 Å². The number of nitrogens with one attached hydrogen (secondary N) is 2. The number of aliphatic carboxylic acids is 1. The van der Waals surface area contributed by atoms with Crippen LogP contribution in [0.5, 0.6) is 0 Å². The Labute approximate surface area is 106 Å². The second-order valence-electron chi connectivity index (χ2n) is 4.21. The molecule has 1 aromatic carbocycles. The molecule has 1 saturated heterocycles. The lowest BCUT2D eigenvalue weighted by Gasteiger charge is -2.43. The van der Waals surface area contributed by atoms with Crippen LogP contribution in [0.2, 0.25) is 0 Å². The van der Waals surface area contributed by atoms with Crippen LogP contribution in [0, 0.1) is 5.82 Å². The minimum Gasteiger partial charge on any atom is -0.481 e. The summed E-state index contributed by atoms with van der Waals surface area (Å²) in [5, 5.41) is 15.0. The van der Waals surface area contributed by atoms with Crippen molar-refractivity contribution < 1.29 is 14.3 Å². The number of hydrogen-bond acceptors (Lipinski definition) is 3. The molecule has 1 aromatic rings. The van der Waals surface area contributed by atoms with Gasteiger partial charge in [0, 0.05) is 18.8 Å². The highest BCUT2D eigenvalue weighted by Crippen LogP contribution is 2.26. The van der Waals surface area contributed by atoms with Gasteiger partial charge in [-0.05, 0) is 34.1 Å². The molecular formula is C11H12BrFN2O2. The molecule has 0 spiro atoms. The molecule has 0 aromatic heterocycles. The topological polar surface area (TPSA) is 61.4 Å². The maximum atomic E-state index is 13.1. The van der Waals surface area contributed by atoms with Crippen LogP contribution in [-0.2, 0) is 4.79 Å². The highest BCUT2D eigenvalue weighted by Gasteiger charge is 2.39. The van der Waals surface area contributed by atoms with Gasteiger partial charge in [-0.2, -0.15) is 0 Å². The summed E-state index contributed by atoms with van der Waals surface area (Å²) in [6.07, 6.45) is 0.0367. The normalized spacial score (nSPS) is 17.3. The van der Waals surface area contributed by atoms with Crippen LogP contribution in [0.4, 0.5) is 10.1 Å². The lowest BCUT2D eigenvalue weighted by molar-refractivity contribution is -0.138. The largest absolute Gasteiger partial charge is 0.481 e. The van der Waals surface area contributed by atoms with Crippen LogP contribution in [0.3, 0.4) is 0 Å². The molecule has 1 aliphatic rings. The molecule has 0 radical (unpaired) electrons. The molecule has 0 saturated carbocycles. The zero-order chi connectivity index (χ0) is 12.5. The maximum absolute atomic E-state index is 13.1. The average Bonchev–Trinajstić information content (AvgIpc) is 2.19. The van der Waals surface area contributed by atoms with Gasteiger partial charge in [-0.25, -0.2) is 4.39 Å². The number of carbonyl (C=O) groups is 1. The first-order chi connectivity index (χ1) is 8.01. The van der Waals surface area contributed by atoms with Gasteiger partial charge in [0.25, 0.3) is 0 Å². The first kappa shape index (κ1) is 12.3. The van der Waals surface area contributed by atoms with Crippen LogP contribution < -0.4 is 10.6 Å². The van der Waals surface area contributed by atoms with Crippen molar-refractivity contribution in [3.8, 4) is 0 Å². The Kier molecular flexibility index (Phi) is 3.35. The van der Waals surface area contributed by atoms with Gasteiger partial charge in [0.05, 0.1) is 16.4 Å². The maximum Gasteiger partial charge on any atom is 0.305 e. The molecule has 0 atom stereocenters. The Balaban J connectivity index is 2.13. The van der Waals surface area contributed by atoms with E-state index in [1.54, 1.807) is 12.1 Å². The molecule has 0 bridgehead atoms. The molecular weight excluding hydrogens is 291 g/mol. The van der Waals surface area contributed by atoms with Gasteiger partial charge >= 0.3 is 5.97 Å². The SMILES string of the molecule is O=C(O)CC1(Nc2ccc(F)c(Br)c2)CNC1. The standard InChI is InChI=1S/C11H12BrFN2O2/c12-8-3-7(1-2-9(8)13)15-11(4-10(16)17)5-14-6-11/h1-3,14-15H,4-6H2,(H,16,17). The van der Waals surface area contributed by atoms with Crippen LogP contribution in [0.15, 0.2) is 22.7 Å². The number of carboxylic acid groups (broad SMARTS) is 1. The first-order valence-electron chi connectivity index (χ1n) is 5.17. The highest BCUT2D eigenvalue weighted by atomic mass is 79.9. The number of hydrogen-bond donors (Lipinski definition) is 3. The van der Waals surface area contributed by atoms with Crippen molar-refractivity contribution in [2.24, 2.45) is 0 Å². The quantitative estimate of drug-likeness (QED) is 0.794. The minimum absolute atomic E-state index is 0.0367. The molecule has 4 nitrogen and oxygen atoms in total. The van der Waals surface area contributed by atoms with Crippen molar-refractivity contribution in [2.45, 2.75) is 12.0 Å². The van der Waals surface area contributed by atoms with Crippen molar-refractivity contribution >= 4 is 27.6 Å². The average molecular weight is 303 g/mol. The number of anilines is 1. The lowest BCUT2D eigenvalue weighted by atomic mass is 9.88. The van der Waals surface area contributed by atoms with E-state index >= 15 is 0 Å². The van der Waals surface area contributed by atoms with Crippen molar-refractivity contribution in [1.29, 1.82) is 0 Å². The summed E-state index contributed by atoms with van der Waals surface area (Å²) in [5.74, 6) is -1.19. The number of benzene rings is 1. The first-order valence-corrected chi connectivity index (χ1v) is 5.96. The fraction of sp³-hybridized carbons (Fsp3) is 0.364. The molecule has 92 valence electrons. The molecule has 1 fully saturated rings. The number of rotatable bonds is 4. The van der Waals surface area contributed by atoms with Crippen molar-refractivity contribution in [3.05, 3.63) is 28.5 Å². The number of halogens is 2. The zero-order valence-corrected chi connectivity index (χ0v) is 10.6. The predicted molar refractivity (Wildman–Crippen MR) is 65.6 cm³/mol. The van der Waals surface area contributed by atoms with Crippen LogP contribution >= 0.6 is 15.9 Å². The molecule has 17 heavy (non-hydrogen) atoms. The van der Waals surface area contributed by atoms with E-state index in [0.29, 0.717) is 23.2 Å². The van der Waals surface area contributed by atoms with Crippen molar-refractivity contribution in [3.63, 3.8) is 0 Å². The molecule has 0 amide bonds. The van der Waals surface area contributed by atoms with Gasteiger partial charge in [-0.3, -0.25) is 4.79 Å². The van der Waals surface area contributed by atoms with Crippen molar-refractivity contribution in [2.75, 3.05) is 18.4 Å². The van der Waals surface area contributed by atoms with Gasteiger partial charge in [-0.15, -0.1) is 0 Å². The summed E-state index contributed by atoms with van der Waals surface area (Å²) in [7, 11) is 0. The molecule has 1 heterocycles. The van der Waals surface area contributed by atoms with E-state index in [1.807, 2.05) is 0 Å². The van der Waals surface area contributed by atoms with E-state index in [0.717, 1.165) is 0 Å². The van der Waals surface area contributed by atoms with Gasteiger partial charge < -0.3 is 15.7 Å². The Bertz CT molecular complexity index is 449. The number of carboxylic acids is 1. The summed E-state index contributed by atoms with van der Waals surface area (Å²) in [5.41, 5.74) is 0.240. The molecule has 6 heteroatoms. The third-order valence-corrected chi connectivity index (χ3v) is 3.35. The molecule has 1 aliphatic heterocycles. The molecule has 3 N–H and O–H groups in total. The molecule has 0 aliphatic carbocycles. The lowest BCUT2D eigenvalue weighted by Crippen LogP contribution is -2.65. The van der Waals surface area contributed by atoms with Gasteiger partial charge in [0.2, 0.25) is 0 Å². The van der Waals surface area contributed by atoms with E-state index < -0.39 is 11.5 Å². The van der Waals surface area contributed by atoms with Gasteiger partial charge in [-0.1, -0.05) is 0 Å². The summed E-state index contributed by atoms with van der Waals surface area (Å²) in [6.45, 7) is 1.18. The smallest absolute Gasteiger partial charge is 0.305 e. The van der Waals surface area contributed by atoms with E-state index in [1.165, 1.54) is 6.07 Å². The van der Waals surface area contributed by atoms with Gasteiger partial charge in [0.15, 0.2) is 0 Å². The summed E-state index contributed by atoms with van der Waals surface area (Å²) in [6, 6.07) is 4.55. The fourth-order valence-electron chi connectivity index (χ4n) is 1.85. The molecule has 2 rings (SSSR count). The van der Waals surface area contributed by atoms with Crippen LogP contribution in [0.1, 0.15) is 6.42 Å². The van der Waals surface area contributed by atoms with Crippen LogP contribution in [0.25, 0.3) is 0 Å². The van der Waals surface area contributed by atoms with E-state index in [2.05, 4.69) is 26.6 Å². The Hall–Kier alpha value is -1.14. The third kappa shape index (κ3) is 2.76. The van der Waals surface area contributed by atoms with Gasteiger partial charge in [0.1, 0.15) is 5.82 Å². The van der Waals surface area contributed by atoms with E-state index in [-0.39, 0.29) is 12.2 Å². The van der Waals surface area contributed by atoms with Crippen LogP contribution in [-0.4, -0.2) is 29.7 Å². The minimum atomic E-state index is -0.847. The zero-order valence-electron chi connectivity index (χ0n) is 8.96. The Morgan fingerprint density at radius 3 is 2.76 bits per heavy atom. The highest BCUT2D eigenvalue weighted by molar-refractivity contribution is 9.10.